The number of aliphatic carboxylic acids is 1. The molecule has 1 aromatic heterocycles. The zero-order chi connectivity index (χ0) is 12.5. The van der Waals surface area contributed by atoms with Crippen LogP contribution in [0.4, 0.5) is 0 Å². The van der Waals surface area contributed by atoms with E-state index in [1.807, 2.05) is 24.3 Å². The first-order chi connectivity index (χ1) is 8.70. The fourth-order valence-electron chi connectivity index (χ4n) is 2.36. The summed E-state index contributed by atoms with van der Waals surface area (Å²) in [6.07, 6.45) is 0.254. The van der Waals surface area contributed by atoms with Crippen molar-refractivity contribution in [3.63, 3.8) is 0 Å². The summed E-state index contributed by atoms with van der Waals surface area (Å²) < 4.78 is 5.62. The second-order valence-electron chi connectivity index (χ2n) is 4.73. The van der Waals surface area contributed by atoms with Crippen LogP contribution in [0.25, 0.3) is 11.1 Å². The van der Waals surface area contributed by atoms with Crippen molar-refractivity contribution >= 4 is 17.1 Å². The second-order valence-corrected chi connectivity index (χ2v) is 4.73. The normalized spacial score (nSPS) is 16.9. The summed E-state index contributed by atoms with van der Waals surface area (Å²) in [5.41, 5.74) is 1.67. The first-order valence-corrected chi connectivity index (χ1v) is 5.99. The third kappa shape index (κ3) is 2.22. The number of carboxylic acids is 1. The Balaban J connectivity index is 1.59. The van der Waals surface area contributed by atoms with E-state index in [2.05, 4.69) is 9.88 Å². The lowest BCUT2D eigenvalue weighted by Gasteiger charge is -2.37. The maximum Gasteiger partial charge on any atom is 0.303 e. The average Bonchev–Trinajstić information content (AvgIpc) is 2.67. The molecule has 0 amide bonds. The smallest absolute Gasteiger partial charge is 0.303 e. The molecule has 0 unspecified atom stereocenters. The van der Waals surface area contributed by atoms with Gasteiger partial charge >= 0.3 is 5.97 Å². The molecule has 1 aliphatic rings. The average molecular weight is 246 g/mol. The van der Waals surface area contributed by atoms with Gasteiger partial charge in [-0.3, -0.25) is 9.69 Å². The zero-order valence-corrected chi connectivity index (χ0v) is 9.87. The van der Waals surface area contributed by atoms with Crippen LogP contribution < -0.4 is 0 Å². The quantitative estimate of drug-likeness (QED) is 0.890. The fraction of sp³-hybridized carbons (Fsp3) is 0.385. The van der Waals surface area contributed by atoms with E-state index in [1.165, 1.54) is 0 Å². The Morgan fingerprint density at radius 2 is 2.22 bits per heavy atom. The van der Waals surface area contributed by atoms with Gasteiger partial charge in [-0.05, 0) is 18.1 Å². The van der Waals surface area contributed by atoms with Crippen LogP contribution in [0.15, 0.2) is 28.7 Å². The minimum Gasteiger partial charge on any atom is -0.481 e. The number of rotatable bonds is 4. The van der Waals surface area contributed by atoms with Crippen LogP contribution in [-0.4, -0.2) is 34.0 Å². The van der Waals surface area contributed by atoms with Crippen molar-refractivity contribution in [2.24, 2.45) is 5.92 Å². The predicted octanol–water partition coefficient (Wildman–Crippen LogP) is 1.73. The molecule has 5 nitrogen and oxygen atoms in total. The summed E-state index contributed by atoms with van der Waals surface area (Å²) in [6.45, 7) is 2.28. The van der Waals surface area contributed by atoms with E-state index < -0.39 is 5.97 Å². The molecule has 18 heavy (non-hydrogen) atoms. The molecule has 0 bridgehead atoms. The van der Waals surface area contributed by atoms with Gasteiger partial charge in [0.05, 0.1) is 13.0 Å². The molecule has 1 N–H and O–H groups in total. The predicted molar refractivity (Wildman–Crippen MR) is 65.0 cm³/mol. The highest BCUT2D eigenvalue weighted by Crippen LogP contribution is 2.22. The van der Waals surface area contributed by atoms with Crippen molar-refractivity contribution in [3.8, 4) is 0 Å². The van der Waals surface area contributed by atoms with Crippen LogP contribution in [0, 0.1) is 5.92 Å². The SMILES string of the molecule is O=C(O)CC1CN(Cc2nc3ccccc3o2)C1. The Bertz CT molecular complexity index is 539. The maximum absolute atomic E-state index is 10.5. The summed E-state index contributed by atoms with van der Waals surface area (Å²) in [6, 6.07) is 7.67. The van der Waals surface area contributed by atoms with Crippen molar-refractivity contribution in [2.75, 3.05) is 13.1 Å². The minimum absolute atomic E-state index is 0.254. The Kier molecular flexibility index (Phi) is 2.76. The van der Waals surface area contributed by atoms with Crippen molar-refractivity contribution in [2.45, 2.75) is 13.0 Å². The van der Waals surface area contributed by atoms with E-state index >= 15 is 0 Å². The van der Waals surface area contributed by atoms with Gasteiger partial charge in [0.25, 0.3) is 0 Å². The van der Waals surface area contributed by atoms with E-state index in [9.17, 15) is 4.79 Å². The third-order valence-electron chi connectivity index (χ3n) is 3.19. The van der Waals surface area contributed by atoms with E-state index in [0.29, 0.717) is 12.4 Å². The number of aromatic nitrogens is 1. The van der Waals surface area contributed by atoms with Gasteiger partial charge in [-0.15, -0.1) is 0 Å². The van der Waals surface area contributed by atoms with Gasteiger partial charge in [0.15, 0.2) is 5.58 Å². The molecule has 1 aliphatic heterocycles. The molecular weight excluding hydrogens is 232 g/mol. The van der Waals surface area contributed by atoms with E-state index in [4.69, 9.17) is 9.52 Å². The van der Waals surface area contributed by atoms with E-state index in [1.54, 1.807) is 0 Å². The van der Waals surface area contributed by atoms with Gasteiger partial charge in [-0.1, -0.05) is 12.1 Å². The van der Waals surface area contributed by atoms with Gasteiger partial charge in [0, 0.05) is 13.1 Å². The Morgan fingerprint density at radius 3 is 2.94 bits per heavy atom. The van der Waals surface area contributed by atoms with E-state index in [-0.39, 0.29) is 12.3 Å². The highest BCUT2D eigenvalue weighted by Gasteiger charge is 2.29. The van der Waals surface area contributed by atoms with Crippen molar-refractivity contribution in [1.82, 2.24) is 9.88 Å². The number of para-hydroxylation sites is 2. The van der Waals surface area contributed by atoms with E-state index in [0.717, 1.165) is 24.2 Å². The number of carboxylic acid groups (broad SMARTS) is 1. The van der Waals surface area contributed by atoms with Gasteiger partial charge in [-0.25, -0.2) is 4.98 Å². The lowest BCUT2D eigenvalue weighted by Crippen LogP contribution is -2.46. The molecule has 1 fully saturated rings. The molecule has 0 aliphatic carbocycles. The number of fused-ring (bicyclic) bond motifs is 1. The van der Waals surface area contributed by atoms with Crippen LogP contribution in [0.1, 0.15) is 12.3 Å². The van der Waals surface area contributed by atoms with Crippen LogP contribution in [0.2, 0.25) is 0 Å². The topological polar surface area (TPSA) is 66.6 Å². The summed E-state index contributed by atoms with van der Waals surface area (Å²) in [5, 5.41) is 8.67. The highest BCUT2D eigenvalue weighted by atomic mass is 16.4. The number of nitrogens with zero attached hydrogens (tertiary/aromatic N) is 2. The Hall–Kier alpha value is -1.88. The molecule has 0 saturated carbocycles. The molecule has 1 saturated heterocycles. The first kappa shape index (κ1) is 11.2. The number of benzene rings is 1. The number of oxazole rings is 1. The van der Waals surface area contributed by atoms with Crippen molar-refractivity contribution in [3.05, 3.63) is 30.2 Å². The number of hydrogen-bond acceptors (Lipinski definition) is 4. The monoisotopic (exact) mass is 246 g/mol. The fourth-order valence-corrected chi connectivity index (χ4v) is 2.36. The zero-order valence-electron chi connectivity index (χ0n) is 9.87. The third-order valence-corrected chi connectivity index (χ3v) is 3.19. The van der Waals surface area contributed by atoms with Gasteiger partial charge in [-0.2, -0.15) is 0 Å². The van der Waals surface area contributed by atoms with Gasteiger partial charge in [0.1, 0.15) is 5.52 Å². The molecule has 5 heteroatoms. The number of likely N-dealkylation sites (tertiary alicyclic amines) is 1. The molecule has 0 spiro atoms. The van der Waals surface area contributed by atoms with Crippen molar-refractivity contribution in [1.29, 1.82) is 0 Å². The minimum atomic E-state index is -0.721. The van der Waals surface area contributed by atoms with Gasteiger partial charge in [0.2, 0.25) is 5.89 Å². The first-order valence-electron chi connectivity index (χ1n) is 5.99. The molecule has 1 aromatic carbocycles. The summed E-state index contributed by atoms with van der Waals surface area (Å²) in [7, 11) is 0. The Labute approximate surface area is 104 Å². The summed E-state index contributed by atoms with van der Waals surface area (Å²) in [4.78, 5) is 17.1. The lowest BCUT2D eigenvalue weighted by molar-refractivity contribution is -0.139. The van der Waals surface area contributed by atoms with Gasteiger partial charge < -0.3 is 9.52 Å². The Morgan fingerprint density at radius 1 is 1.44 bits per heavy atom. The molecule has 94 valence electrons. The van der Waals surface area contributed by atoms with Crippen LogP contribution in [0.3, 0.4) is 0 Å². The molecular formula is C13H14N2O3. The molecule has 3 rings (SSSR count). The van der Waals surface area contributed by atoms with Crippen LogP contribution in [-0.2, 0) is 11.3 Å². The molecule has 2 aromatic rings. The number of hydrogen-bond donors (Lipinski definition) is 1. The van der Waals surface area contributed by atoms with Crippen molar-refractivity contribution < 1.29 is 14.3 Å². The molecule has 0 radical (unpaired) electrons. The molecule has 0 atom stereocenters. The maximum atomic E-state index is 10.5. The standard InChI is InChI=1S/C13H14N2O3/c16-13(17)5-9-6-15(7-9)8-12-14-10-3-1-2-4-11(10)18-12/h1-4,9H,5-8H2,(H,16,17). The van der Waals surface area contributed by atoms with Crippen LogP contribution in [0.5, 0.6) is 0 Å². The highest BCUT2D eigenvalue weighted by molar-refractivity contribution is 5.72. The van der Waals surface area contributed by atoms with Crippen LogP contribution >= 0.6 is 0 Å². The number of carbonyl (C=O) groups is 1. The molecule has 2 heterocycles. The lowest BCUT2D eigenvalue weighted by atomic mass is 9.97. The largest absolute Gasteiger partial charge is 0.481 e. The summed E-state index contributed by atoms with van der Waals surface area (Å²) >= 11 is 0. The second kappa shape index (κ2) is 4.42. The summed E-state index contributed by atoms with van der Waals surface area (Å²) in [5.74, 6) is 0.248.